The van der Waals surface area contributed by atoms with E-state index in [-0.39, 0.29) is 17.9 Å². The molecule has 0 bridgehead atoms. The molecular formula is C23H28N2O2S. The molecule has 0 aliphatic carbocycles. The van der Waals surface area contributed by atoms with E-state index in [1.54, 1.807) is 0 Å². The highest BCUT2D eigenvalue weighted by molar-refractivity contribution is 7.12. The minimum Gasteiger partial charge on any atom is -0.341 e. The average molecular weight is 397 g/mol. The van der Waals surface area contributed by atoms with Gasteiger partial charge in [0, 0.05) is 19.6 Å². The highest BCUT2D eigenvalue weighted by atomic mass is 32.1. The average Bonchev–Trinajstić information content (AvgIpc) is 3.29. The molecule has 4 rings (SSSR count). The molecule has 1 aromatic carbocycles. The lowest BCUT2D eigenvalue weighted by atomic mass is 9.89. The van der Waals surface area contributed by atoms with Gasteiger partial charge in [0.1, 0.15) is 6.04 Å². The van der Waals surface area contributed by atoms with Crippen LogP contribution < -0.4 is 0 Å². The van der Waals surface area contributed by atoms with Crippen LogP contribution in [0.5, 0.6) is 0 Å². The number of thiophene rings is 1. The van der Waals surface area contributed by atoms with Gasteiger partial charge in [-0.2, -0.15) is 0 Å². The van der Waals surface area contributed by atoms with Gasteiger partial charge in [0.2, 0.25) is 5.91 Å². The molecule has 0 unspecified atom stereocenters. The Morgan fingerprint density at radius 2 is 1.71 bits per heavy atom. The summed E-state index contributed by atoms with van der Waals surface area (Å²) in [4.78, 5) is 30.7. The Balaban J connectivity index is 1.36. The van der Waals surface area contributed by atoms with E-state index in [0.29, 0.717) is 12.5 Å². The Labute approximate surface area is 171 Å². The molecule has 0 radical (unpaired) electrons. The number of likely N-dealkylation sites (tertiary alicyclic amines) is 2. The summed E-state index contributed by atoms with van der Waals surface area (Å²) in [5.74, 6) is 0.816. The van der Waals surface area contributed by atoms with Crippen LogP contribution in [-0.4, -0.2) is 47.3 Å². The minimum absolute atomic E-state index is 0.0204. The van der Waals surface area contributed by atoms with Crippen molar-refractivity contribution in [3.8, 4) is 0 Å². The second-order valence-electron chi connectivity index (χ2n) is 7.95. The molecule has 4 nitrogen and oxygen atoms in total. The number of piperidine rings is 2. The smallest absolute Gasteiger partial charge is 0.264 e. The Kier molecular flexibility index (Phi) is 6.10. The van der Waals surface area contributed by atoms with Gasteiger partial charge in [-0.1, -0.05) is 36.4 Å². The molecule has 0 spiro atoms. The molecule has 5 heteroatoms. The summed E-state index contributed by atoms with van der Waals surface area (Å²) >= 11 is 1.46. The van der Waals surface area contributed by atoms with E-state index in [1.807, 2.05) is 27.3 Å². The topological polar surface area (TPSA) is 40.6 Å². The zero-order valence-corrected chi connectivity index (χ0v) is 17.1. The highest BCUT2D eigenvalue weighted by Gasteiger charge is 2.36. The van der Waals surface area contributed by atoms with Gasteiger partial charge in [-0.05, 0) is 61.5 Å². The number of hydrogen-bond acceptors (Lipinski definition) is 3. The molecule has 2 saturated heterocycles. The predicted octanol–water partition coefficient (Wildman–Crippen LogP) is 4.22. The van der Waals surface area contributed by atoms with Crippen molar-refractivity contribution in [2.24, 2.45) is 5.92 Å². The molecule has 2 amide bonds. The SMILES string of the molecule is O=C([C@H]1CCCCN1C(=O)c1cccs1)N1CCC(Cc2ccccc2)CC1. The molecule has 0 saturated carbocycles. The van der Waals surface area contributed by atoms with Crippen LogP contribution in [0.4, 0.5) is 0 Å². The maximum atomic E-state index is 13.2. The molecule has 1 atom stereocenters. The number of hydrogen-bond donors (Lipinski definition) is 0. The zero-order valence-electron chi connectivity index (χ0n) is 16.3. The summed E-state index contributed by atoms with van der Waals surface area (Å²) < 4.78 is 0. The Morgan fingerprint density at radius 1 is 0.929 bits per heavy atom. The van der Waals surface area contributed by atoms with Gasteiger partial charge < -0.3 is 9.80 Å². The first-order valence-electron chi connectivity index (χ1n) is 10.4. The first kappa shape index (κ1) is 19.2. The fourth-order valence-electron chi connectivity index (χ4n) is 4.49. The largest absolute Gasteiger partial charge is 0.341 e. The number of carbonyl (C=O) groups excluding carboxylic acids is 2. The predicted molar refractivity (Wildman–Crippen MR) is 112 cm³/mol. The zero-order chi connectivity index (χ0) is 19.3. The normalized spacial score (nSPS) is 20.9. The summed E-state index contributed by atoms with van der Waals surface area (Å²) in [7, 11) is 0. The fourth-order valence-corrected chi connectivity index (χ4v) is 5.17. The van der Waals surface area contributed by atoms with Crippen LogP contribution in [0.3, 0.4) is 0 Å². The second-order valence-corrected chi connectivity index (χ2v) is 8.89. The van der Waals surface area contributed by atoms with Gasteiger partial charge in [-0.15, -0.1) is 11.3 Å². The molecule has 148 valence electrons. The van der Waals surface area contributed by atoms with Crippen molar-refractivity contribution in [2.75, 3.05) is 19.6 Å². The van der Waals surface area contributed by atoms with Gasteiger partial charge in [0.15, 0.2) is 0 Å². The molecule has 2 fully saturated rings. The molecule has 2 aliphatic rings. The van der Waals surface area contributed by atoms with E-state index in [1.165, 1.54) is 16.9 Å². The van der Waals surface area contributed by atoms with Crippen molar-refractivity contribution >= 4 is 23.2 Å². The molecule has 2 aromatic rings. The van der Waals surface area contributed by atoms with E-state index in [9.17, 15) is 9.59 Å². The summed E-state index contributed by atoms with van der Waals surface area (Å²) in [6.07, 6.45) is 5.99. The van der Waals surface area contributed by atoms with Crippen LogP contribution >= 0.6 is 11.3 Å². The van der Waals surface area contributed by atoms with Crippen LogP contribution in [0.1, 0.15) is 47.3 Å². The third-order valence-corrected chi connectivity index (χ3v) is 6.93. The highest BCUT2D eigenvalue weighted by Crippen LogP contribution is 2.26. The first-order chi connectivity index (χ1) is 13.7. The fraction of sp³-hybridized carbons (Fsp3) is 0.478. The Hall–Kier alpha value is -2.14. The first-order valence-corrected chi connectivity index (χ1v) is 11.3. The van der Waals surface area contributed by atoms with Crippen LogP contribution in [-0.2, 0) is 11.2 Å². The van der Waals surface area contributed by atoms with Crippen molar-refractivity contribution < 1.29 is 9.59 Å². The van der Waals surface area contributed by atoms with Gasteiger partial charge in [0.05, 0.1) is 4.88 Å². The monoisotopic (exact) mass is 396 g/mol. The van der Waals surface area contributed by atoms with Gasteiger partial charge in [0.25, 0.3) is 5.91 Å². The van der Waals surface area contributed by atoms with Gasteiger partial charge in [-0.25, -0.2) is 0 Å². The molecular weight excluding hydrogens is 368 g/mol. The van der Waals surface area contributed by atoms with Crippen molar-refractivity contribution in [1.29, 1.82) is 0 Å². The minimum atomic E-state index is -0.283. The summed E-state index contributed by atoms with van der Waals surface area (Å²) in [5, 5.41) is 1.92. The van der Waals surface area contributed by atoms with Gasteiger partial charge >= 0.3 is 0 Å². The van der Waals surface area contributed by atoms with Crippen LogP contribution in [0.15, 0.2) is 47.8 Å². The maximum absolute atomic E-state index is 13.2. The summed E-state index contributed by atoms with van der Waals surface area (Å²) in [6.45, 7) is 2.32. The Morgan fingerprint density at radius 3 is 2.43 bits per heavy atom. The molecule has 3 heterocycles. The lowest BCUT2D eigenvalue weighted by Gasteiger charge is -2.40. The maximum Gasteiger partial charge on any atom is 0.264 e. The lowest BCUT2D eigenvalue weighted by Crippen LogP contribution is -2.54. The number of rotatable bonds is 4. The van der Waals surface area contributed by atoms with E-state index in [4.69, 9.17) is 0 Å². The van der Waals surface area contributed by atoms with E-state index in [2.05, 4.69) is 30.3 Å². The van der Waals surface area contributed by atoms with Crippen LogP contribution in [0.2, 0.25) is 0 Å². The van der Waals surface area contributed by atoms with E-state index in [0.717, 1.165) is 56.5 Å². The third kappa shape index (κ3) is 4.30. The number of benzene rings is 1. The lowest BCUT2D eigenvalue weighted by molar-refractivity contribution is -0.138. The Bertz CT molecular complexity index is 782. The molecule has 2 aliphatic heterocycles. The number of nitrogens with zero attached hydrogens (tertiary/aromatic N) is 2. The quantitative estimate of drug-likeness (QED) is 0.776. The summed E-state index contributed by atoms with van der Waals surface area (Å²) in [6, 6.07) is 14.1. The summed E-state index contributed by atoms with van der Waals surface area (Å²) in [5.41, 5.74) is 1.38. The molecule has 28 heavy (non-hydrogen) atoms. The molecule has 0 N–H and O–H groups in total. The second kappa shape index (κ2) is 8.91. The van der Waals surface area contributed by atoms with Crippen molar-refractivity contribution in [3.63, 3.8) is 0 Å². The molecule has 1 aromatic heterocycles. The van der Waals surface area contributed by atoms with Crippen LogP contribution in [0, 0.1) is 5.92 Å². The number of carbonyl (C=O) groups is 2. The number of amides is 2. The van der Waals surface area contributed by atoms with E-state index < -0.39 is 0 Å². The van der Waals surface area contributed by atoms with Crippen molar-refractivity contribution in [3.05, 3.63) is 58.3 Å². The standard InChI is InChI=1S/C23H28N2O2S/c26-22(20-9-4-5-13-25(20)23(27)21-10-6-16-28-21)24-14-11-19(12-15-24)17-18-7-2-1-3-8-18/h1-3,6-8,10,16,19-20H,4-5,9,11-15,17H2/t20-/m1/s1. The van der Waals surface area contributed by atoms with Crippen molar-refractivity contribution in [2.45, 2.75) is 44.6 Å². The van der Waals surface area contributed by atoms with Gasteiger partial charge in [-0.3, -0.25) is 9.59 Å². The van der Waals surface area contributed by atoms with Crippen LogP contribution in [0.25, 0.3) is 0 Å². The third-order valence-electron chi connectivity index (χ3n) is 6.07. The van der Waals surface area contributed by atoms with Crippen molar-refractivity contribution in [1.82, 2.24) is 9.80 Å². The van der Waals surface area contributed by atoms with E-state index >= 15 is 0 Å².